The van der Waals surface area contributed by atoms with E-state index in [-0.39, 0.29) is 19.8 Å². The van der Waals surface area contributed by atoms with Crippen LogP contribution in [-0.4, -0.2) is 0 Å². The van der Waals surface area contributed by atoms with Crippen LogP contribution in [0.25, 0.3) is 0 Å². The molecule has 0 atom stereocenters. The van der Waals surface area contributed by atoms with Gasteiger partial charge in [-0.15, -0.1) is 20.3 Å². The van der Waals surface area contributed by atoms with Crippen molar-refractivity contribution in [2.24, 2.45) is 0 Å². The summed E-state index contributed by atoms with van der Waals surface area (Å²) in [7, 11) is 0. The average molecular weight is 353 g/mol. The molecule has 0 bridgehead atoms. The van der Waals surface area contributed by atoms with E-state index in [1.165, 1.54) is 11.1 Å². The molecule has 1 rings (SSSR count). The van der Waals surface area contributed by atoms with Gasteiger partial charge in [-0.1, -0.05) is 13.3 Å². The van der Waals surface area contributed by atoms with Gasteiger partial charge in [0, 0.05) is 0 Å². The predicted molar refractivity (Wildman–Crippen MR) is 55.6 cm³/mol. The van der Waals surface area contributed by atoms with E-state index < -0.39 is 0 Å². The molecule has 0 saturated carbocycles. The summed E-state index contributed by atoms with van der Waals surface area (Å²) in [4.78, 5) is 0. The van der Waals surface area contributed by atoms with Crippen LogP contribution in [0.1, 0.15) is 33.6 Å². The van der Waals surface area contributed by atoms with Crippen molar-refractivity contribution >= 4 is 0 Å². The smallest absolute Gasteiger partial charge is 0.270 e. The zero-order valence-corrected chi connectivity index (χ0v) is 11.2. The first kappa shape index (κ1) is 15.2. The summed E-state index contributed by atoms with van der Waals surface area (Å²) >= 11 is 0. The normalized spacial score (nSPS) is 12.1. The minimum atomic E-state index is 0. The molecule has 0 heterocycles. The monoisotopic (exact) mass is 354 g/mol. The molecule has 74 valence electrons. The van der Waals surface area contributed by atoms with Crippen molar-refractivity contribution in [1.29, 1.82) is 0 Å². The van der Waals surface area contributed by atoms with Gasteiger partial charge in [-0.3, -0.25) is 6.08 Å². The third-order valence-corrected chi connectivity index (χ3v) is 1.56. The largest absolute Gasteiger partial charge is 2.00 e. The van der Waals surface area contributed by atoms with Crippen molar-refractivity contribution in [1.82, 2.24) is 0 Å². The summed E-state index contributed by atoms with van der Waals surface area (Å²) in [5, 5.41) is 0. The second kappa shape index (κ2) is 9.81. The first-order valence-electron chi connectivity index (χ1n) is 4.39. The van der Waals surface area contributed by atoms with Crippen molar-refractivity contribution in [2.75, 3.05) is 0 Å². The SMILES string of the molecule is CCC1=[C-]CC=C1.[CH2-]C=C(C)C.[Os+2]. The van der Waals surface area contributed by atoms with Gasteiger partial charge >= 0.3 is 19.8 Å². The van der Waals surface area contributed by atoms with Crippen molar-refractivity contribution < 1.29 is 19.8 Å². The molecule has 0 spiro atoms. The topological polar surface area (TPSA) is 0 Å². The minimum Gasteiger partial charge on any atom is -0.270 e. The first-order chi connectivity index (χ1) is 5.70. The Morgan fingerprint density at radius 1 is 1.62 bits per heavy atom. The Balaban J connectivity index is 0. The fourth-order valence-corrected chi connectivity index (χ4v) is 0.693. The van der Waals surface area contributed by atoms with Gasteiger partial charge in [0.2, 0.25) is 0 Å². The fraction of sp³-hybridized carbons (Fsp3) is 0.417. The molecular formula is C12H18Os. The summed E-state index contributed by atoms with van der Waals surface area (Å²) in [6.07, 6.45) is 11.5. The van der Waals surface area contributed by atoms with Crippen LogP contribution in [0.5, 0.6) is 0 Å². The summed E-state index contributed by atoms with van der Waals surface area (Å²) in [5.41, 5.74) is 2.63. The van der Waals surface area contributed by atoms with Gasteiger partial charge in [-0.25, -0.2) is 30.2 Å². The third-order valence-electron chi connectivity index (χ3n) is 1.56. The summed E-state index contributed by atoms with van der Waals surface area (Å²) < 4.78 is 0. The molecule has 0 fully saturated rings. The van der Waals surface area contributed by atoms with Crippen molar-refractivity contribution in [3.8, 4) is 0 Å². The van der Waals surface area contributed by atoms with Crippen LogP contribution in [-0.2, 0) is 19.8 Å². The van der Waals surface area contributed by atoms with E-state index in [0.29, 0.717) is 0 Å². The third kappa shape index (κ3) is 9.64. The predicted octanol–water partition coefficient (Wildman–Crippen LogP) is 3.87. The molecule has 0 nitrogen and oxygen atoms in total. The molecule has 1 aliphatic carbocycles. The van der Waals surface area contributed by atoms with Crippen molar-refractivity contribution in [2.45, 2.75) is 33.6 Å². The van der Waals surface area contributed by atoms with Gasteiger partial charge in [0.05, 0.1) is 0 Å². The van der Waals surface area contributed by atoms with E-state index in [2.05, 4.69) is 32.1 Å². The van der Waals surface area contributed by atoms with Gasteiger partial charge in [-0.05, 0) is 0 Å². The van der Waals surface area contributed by atoms with Crippen LogP contribution < -0.4 is 0 Å². The van der Waals surface area contributed by atoms with E-state index in [1.54, 1.807) is 0 Å². The molecule has 0 amide bonds. The molecule has 1 aliphatic rings. The Bertz CT molecular complexity index is 193. The van der Waals surface area contributed by atoms with Crippen LogP contribution >= 0.6 is 0 Å². The van der Waals surface area contributed by atoms with Crippen LogP contribution in [0, 0.1) is 13.0 Å². The number of rotatable bonds is 1. The Morgan fingerprint density at radius 3 is 2.31 bits per heavy atom. The van der Waals surface area contributed by atoms with Crippen LogP contribution in [0.2, 0.25) is 0 Å². The second-order valence-electron chi connectivity index (χ2n) is 2.94. The molecule has 0 aromatic carbocycles. The zero-order valence-electron chi connectivity index (χ0n) is 8.71. The van der Waals surface area contributed by atoms with Crippen LogP contribution in [0.15, 0.2) is 29.4 Å². The molecule has 0 aliphatic heterocycles. The van der Waals surface area contributed by atoms with Crippen LogP contribution in [0.4, 0.5) is 0 Å². The summed E-state index contributed by atoms with van der Waals surface area (Å²) in [6, 6.07) is 0. The fourth-order valence-electron chi connectivity index (χ4n) is 0.693. The van der Waals surface area contributed by atoms with Crippen molar-refractivity contribution in [3.63, 3.8) is 0 Å². The van der Waals surface area contributed by atoms with E-state index in [4.69, 9.17) is 0 Å². The molecule has 0 saturated heterocycles. The van der Waals surface area contributed by atoms with E-state index >= 15 is 0 Å². The zero-order chi connectivity index (χ0) is 9.40. The minimum absolute atomic E-state index is 0. The standard InChI is InChI=1S/C7H9.C5H9.Os/c1-2-7-5-3-4-6-7;1-4-5(2)3;/h3,5H,2,4H2,1H3;4H,1H2,2-3H3;/q2*-1;+2. The van der Waals surface area contributed by atoms with Gasteiger partial charge in [0.15, 0.2) is 0 Å². The Labute approximate surface area is 95.9 Å². The molecule has 0 aromatic rings. The van der Waals surface area contributed by atoms with E-state index in [0.717, 1.165) is 12.8 Å². The summed E-state index contributed by atoms with van der Waals surface area (Å²) in [6.45, 7) is 9.72. The Kier molecular flexibility index (Phi) is 11.5. The molecule has 0 radical (unpaired) electrons. The Hall–Kier alpha value is -0.274. The molecule has 0 aromatic heterocycles. The van der Waals surface area contributed by atoms with Crippen LogP contribution in [0.3, 0.4) is 0 Å². The summed E-state index contributed by atoms with van der Waals surface area (Å²) in [5.74, 6) is 0. The molecular weight excluding hydrogens is 334 g/mol. The number of hydrogen-bond acceptors (Lipinski definition) is 0. The maximum atomic E-state index is 3.52. The molecule has 0 unspecified atom stereocenters. The quantitative estimate of drug-likeness (QED) is 0.629. The van der Waals surface area contributed by atoms with E-state index in [9.17, 15) is 0 Å². The number of allylic oxidation sites excluding steroid dienone is 6. The molecule has 0 N–H and O–H groups in total. The molecule has 1 heteroatoms. The van der Waals surface area contributed by atoms with E-state index in [1.807, 2.05) is 19.9 Å². The van der Waals surface area contributed by atoms with Crippen molar-refractivity contribution in [3.05, 3.63) is 42.4 Å². The van der Waals surface area contributed by atoms with Gasteiger partial charge in [-0.2, -0.15) is 6.08 Å². The first-order valence-corrected chi connectivity index (χ1v) is 4.39. The van der Waals surface area contributed by atoms with Gasteiger partial charge in [0.1, 0.15) is 0 Å². The van der Waals surface area contributed by atoms with Gasteiger partial charge in [0.25, 0.3) is 0 Å². The number of hydrogen-bond donors (Lipinski definition) is 0. The average Bonchev–Trinajstić information content (AvgIpc) is 2.57. The Morgan fingerprint density at radius 2 is 2.15 bits per heavy atom. The maximum absolute atomic E-state index is 3.52. The van der Waals surface area contributed by atoms with Gasteiger partial charge < -0.3 is 0 Å². The molecule has 13 heavy (non-hydrogen) atoms. The second-order valence-corrected chi connectivity index (χ2v) is 2.94. The maximum Gasteiger partial charge on any atom is 2.00 e.